The summed E-state index contributed by atoms with van der Waals surface area (Å²) in [5.41, 5.74) is 0.431. The predicted molar refractivity (Wildman–Crippen MR) is 60.5 cm³/mol. The average Bonchev–Trinajstić information content (AvgIpc) is 3.08. The van der Waals surface area contributed by atoms with Gasteiger partial charge in [0.15, 0.2) is 0 Å². The molecule has 1 amide bonds. The van der Waals surface area contributed by atoms with Crippen molar-refractivity contribution in [3.05, 3.63) is 35.4 Å². The van der Waals surface area contributed by atoms with E-state index in [0.717, 1.165) is 18.6 Å². The molecule has 1 aromatic rings. The Bertz CT molecular complexity index is 433. The lowest BCUT2D eigenvalue weighted by Crippen LogP contribution is -2.24. The molecule has 1 fully saturated rings. The molecule has 1 aliphatic carbocycles. The monoisotopic (exact) mass is 239 g/mol. The van der Waals surface area contributed by atoms with Crippen molar-refractivity contribution in [2.75, 3.05) is 6.54 Å². The fourth-order valence-corrected chi connectivity index (χ4v) is 2.02. The number of carbonyl (C=O) groups is 1. The maximum atomic E-state index is 13.4. The minimum atomic E-state index is -0.412. The van der Waals surface area contributed by atoms with Gasteiger partial charge in [-0.1, -0.05) is 6.92 Å². The lowest BCUT2D eigenvalue weighted by Gasteiger charge is -2.04. The lowest BCUT2D eigenvalue weighted by atomic mass is 10.1. The summed E-state index contributed by atoms with van der Waals surface area (Å²) in [6.45, 7) is 2.33. The first-order valence-corrected chi connectivity index (χ1v) is 5.83. The SMILES string of the molecule is CCC(=O)NC[C@@H]1C[C@H]1c1cc(F)ccc1F. The third kappa shape index (κ3) is 2.81. The first-order chi connectivity index (χ1) is 8.11. The molecule has 1 aliphatic rings. The van der Waals surface area contributed by atoms with Crippen molar-refractivity contribution in [3.8, 4) is 0 Å². The molecule has 1 N–H and O–H groups in total. The van der Waals surface area contributed by atoms with Crippen molar-refractivity contribution < 1.29 is 13.6 Å². The minimum Gasteiger partial charge on any atom is -0.356 e. The molecule has 0 aromatic heterocycles. The van der Waals surface area contributed by atoms with Crippen LogP contribution in [0.1, 0.15) is 31.2 Å². The number of halogens is 2. The van der Waals surface area contributed by atoms with Crippen LogP contribution in [0.5, 0.6) is 0 Å². The summed E-state index contributed by atoms with van der Waals surface area (Å²) in [6.07, 6.45) is 1.26. The molecule has 0 bridgehead atoms. The van der Waals surface area contributed by atoms with Gasteiger partial charge in [-0.25, -0.2) is 8.78 Å². The molecule has 0 aliphatic heterocycles. The highest BCUT2D eigenvalue weighted by atomic mass is 19.1. The van der Waals surface area contributed by atoms with E-state index in [0.29, 0.717) is 18.5 Å². The van der Waals surface area contributed by atoms with E-state index in [1.165, 1.54) is 6.07 Å². The Morgan fingerprint density at radius 1 is 1.47 bits per heavy atom. The molecule has 2 rings (SSSR count). The molecule has 0 spiro atoms. The summed E-state index contributed by atoms with van der Waals surface area (Å²) < 4.78 is 26.4. The number of carbonyl (C=O) groups excluding carboxylic acids is 1. The molecule has 92 valence electrons. The van der Waals surface area contributed by atoms with Gasteiger partial charge in [0.1, 0.15) is 11.6 Å². The van der Waals surface area contributed by atoms with Crippen LogP contribution in [-0.2, 0) is 4.79 Å². The van der Waals surface area contributed by atoms with E-state index in [-0.39, 0.29) is 23.6 Å². The van der Waals surface area contributed by atoms with Gasteiger partial charge < -0.3 is 5.32 Å². The van der Waals surface area contributed by atoms with E-state index in [9.17, 15) is 13.6 Å². The van der Waals surface area contributed by atoms with Crippen molar-refractivity contribution in [1.82, 2.24) is 5.32 Å². The van der Waals surface area contributed by atoms with Gasteiger partial charge in [-0.2, -0.15) is 0 Å². The van der Waals surface area contributed by atoms with Crippen LogP contribution >= 0.6 is 0 Å². The quantitative estimate of drug-likeness (QED) is 0.859. The molecular formula is C13H15F2NO. The Hall–Kier alpha value is -1.45. The number of amides is 1. The third-order valence-corrected chi connectivity index (χ3v) is 3.16. The molecule has 2 atom stereocenters. The Balaban J connectivity index is 1.93. The Morgan fingerprint density at radius 2 is 2.24 bits per heavy atom. The molecule has 1 saturated carbocycles. The second kappa shape index (κ2) is 4.82. The van der Waals surface area contributed by atoms with Crippen LogP contribution in [0.4, 0.5) is 8.78 Å². The van der Waals surface area contributed by atoms with Gasteiger partial charge in [-0.15, -0.1) is 0 Å². The van der Waals surface area contributed by atoms with E-state index < -0.39 is 5.82 Å². The second-order valence-electron chi connectivity index (χ2n) is 4.43. The largest absolute Gasteiger partial charge is 0.356 e. The fraction of sp³-hybridized carbons (Fsp3) is 0.462. The maximum absolute atomic E-state index is 13.4. The molecule has 17 heavy (non-hydrogen) atoms. The summed E-state index contributed by atoms with van der Waals surface area (Å²) >= 11 is 0. The molecule has 0 unspecified atom stereocenters. The highest BCUT2D eigenvalue weighted by Gasteiger charge is 2.39. The van der Waals surface area contributed by atoms with Crippen molar-refractivity contribution in [1.29, 1.82) is 0 Å². The smallest absolute Gasteiger partial charge is 0.219 e. The standard InChI is InChI=1S/C13H15F2NO/c1-2-13(17)16-7-8-5-10(8)11-6-9(14)3-4-12(11)15/h3-4,6,8,10H,2,5,7H2,1H3,(H,16,17)/t8-,10+/m0/s1. The van der Waals surface area contributed by atoms with Gasteiger partial charge in [0.2, 0.25) is 5.91 Å². The van der Waals surface area contributed by atoms with Crippen molar-refractivity contribution in [3.63, 3.8) is 0 Å². The number of benzene rings is 1. The first-order valence-electron chi connectivity index (χ1n) is 5.83. The molecular weight excluding hydrogens is 224 g/mol. The van der Waals surface area contributed by atoms with E-state index in [1.54, 1.807) is 6.92 Å². The molecule has 4 heteroatoms. The van der Waals surface area contributed by atoms with Crippen molar-refractivity contribution in [2.24, 2.45) is 5.92 Å². The highest BCUT2D eigenvalue weighted by molar-refractivity contribution is 5.75. The summed E-state index contributed by atoms with van der Waals surface area (Å²) in [4.78, 5) is 11.1. The van der Waals surface area contributed by atoms with E-state index >= 15 is 0 Å². The fourth-order valence-electron chi connectivity index (χ4n) is 2.02. The zero-order valence-electron chi connectivity index (χ0n) is 9.67. The van der Waals surface area contributed by atoms with E-state index in [2.05, 4.69) is 5.32 Å². The molecule has 2 nitrogen and oxygen atoms in total. The molecule has 0 heterocycles. The average molecular weight is 239 g/mol. The van der Waals surface area contributed by atoms with Crippen LogP contribution in [0.3, 0.4) is 0 Å². The predicted octanol–water partition coefficient (Wildman–Crippen LogP) is 2.59. The first kappa shape index (κ1) is 12.0. The third-order valence-electron chi connectivity index (χ3n) is 3.16. The number of hydrogen-bond donors (Lipinski definition) is 1. The molecule has 0 saturated heterocycles. The zero-order valence-corrected chi connectivity index (χ0v) is 9.67. The second-order valence-corrected chi connectivity index (χ2v) is 4.43. The van der Waals surface area contributed by atoms with Gasteiger partial charge >= 0.3 is 0 Å². The van der Waals surface area contributed by atoms with Crippen LogP contribution < -0.4 is 5.32 Å². The van der Waals surface area contributed by atoms with Gasteiger partial charge in [-0.3, -0.25) is 4.79 Å². The van der Waals surface area contributed by atoms with Gasteiger partial charge in [0, 0.05) is 13.0 Å². The maximum Gasteiger partial charge on any atom is 0.219 e. The summed E-state index contributed by atoms with van der Waals surface area (Å²) in [5.74, 6) is -0.495. The highest BCUT2D eigenvalue weighted by Crippen LogP contribution is 2.47. The minimum absolute atomic E-state index is 0.00429. The van der Waals surface area contributed by atoms with Crippen LogP contribution in [0.25, 0.3) is 0 Å². The normalized spacial score (nSPS) is 22.3. The van der Waals surface area contributed by atoms with Crippen LogP contribution in [-0.4, -0.2) is 12.5 Å². The Labute approximate surface area is 99.0 Å². The van der Waals surface area contributed by atoms with Crippen LogP contribution in [0.15, 0.2) is 18.2 Å². The zero-order chi connectivity index (χ0) is 12.4. The van der Waals surface area contributed by atoms with Crippen molar-refractivity contribution in [2.45, 2.75) is 25.7 Å². The number of rotatable bonds is 4. The van der Waals surface area contributed by atoms with Gasteiger partial charge in [0.25, 0.3) is 0 Å². The van der Waals surface area contributed by atoms with E-state index in [4.69, 9.17) is 0 Å². The number of hydrogen-bond acceptors (Lipinski definition) is 1. The summed E-state index contributed by atoms with van der Waals surface area (Å²) in [5, 5.41) is 2.77. The van der Waals surface area contributed by atoms with E-state index in [1.807, 2.05) is 0 Å². The Kier molecular flexibility index (Phi) is 3.41. The van der Waals surface area contributed by atoms with Crippen molar-refractivity contribution >= 4 is 5.91 Å². The topological polar surface area (TPSA) is 29.1 Å². The number of nitrogens with one attached hydrogen (secondary N) is 1. The molecule has 0 radical (unpaired) electrons. The summed E-state index contributed by atoms with van der Waals surface area (Å²) in [6, 6.07) is 3.53. The van der Waals surface area contributed by atoms with Gasteiger partial charge in [-0.05, 0) is 42.0 Å². The summed E-state index contributed by atoms with van der Waals surface area (Å²) in [7, 11) is 0. The lowest BCUT2D eigenvalue weighted by molar-refractivity contribution is -0.120. The van der Waals surface area contributed by atoms with Gasteiger partial charge in [0.05, 0.1) is 0 Å². The molecule has 1 aromatic carbocycles. The van der Waals surface area contributed by atoms with Crippen LogP contribution in [0.2, 0.25) is 0 Å². The Morgan fingerprint density at radius 3 is 2.94 bits per heavy atom. The van der Waals surface area contributed by atoms with Crippen LogP contribution in [0, 0.1) is 17.6 Å².